The normalized spacial score (nSPS) is 15.5. The van der Waals surface area contributed by atoms with Crippen molar-refractivity contribution in [2.45, 2.75) is 25.7 Å². The average molecular weight is 610 g/mol. The molecule has 7 rings (SSSR count). The fourth-order valence-corrected chi connectivity index (χ4v) is 6.84. The molecule has 0 fully saturated rings. The van der Waals surface area contributed by atoms with E-state index in [1.165, 1.54) is 34.9 Å². The van der Waals surface area contributed by atoms with Crippen LogP contribution in [0.4, 0.5) is 11.4 Å². The van der Waals surface area contributed by atoms with Crippen molar-refractivity contribution in [2.75, 3.05) is 11.9 Å². The number of benzene rings is 5. The summed E-state index contributed by atoms with van der Waals surface area (Å²) in [5.74, 6) is 0. The lowest BCUT2D eigenvalue weighted by atomic mass is 9.81. The van der Waals surface area contributed by atoms with Crippen molar-refractivity contribution in [1.29, 1.82) is 5.26 Å². The zero-order valence-electron chi connectivity index (χ0n) is 27.2. The van der Waals surface area contributed by atoms with Crippen molar-refractivity contribution in [3.8, 4) is 17.2 Å². The molecule has 0 spiro atoms. The highest BCUT2D eigenvalue weighted by molar-refractivity contribution is 5.99. The number of rotatable bonds is 5. The van der Waals surface area contributed by atoms with Gasteiger partial charge in [-0.2, -0.15) is 5.26 Å². The molecule has 0 amide bonds. The number of nitrogens with two attached hydrogens (primary N) is 1. The summed E-state index contributed by atoms with van der Waals surface area (Å²) in [7, 11) is 1.50. The van der Waals surface area contributed by atoms with Gasteiger partial charge in [-0.3, -0.25) is 0 Å². The molecule has 0 bridgehead atoms. The fourth-order valence-electron chi connectivity index (χ4n) is 6.84. The molecule has 5 aromatic rings. The molecule has 0 aromatic heterocycles. The van der Waals surface area contributed by atoms with Crippen LogP contribution < -0.4 is 10.6 Å². The van der Waals surface area contributed by atoms with Gasteiger partial charge < -0.3 is 10.6 Å². The van der Waals surface area contributed by atoms with Crippen molar-refractivity contribution < 1.29 is 0 Å². The Morgan fingerprint density at radius 3 is 2.34 bits per heavy atom. The second-order valence-electron chi connectivity index (χ2n) is 12.2. The Kier molecular flexibility index (Phi) is 8.89. The number of nitriles is 1. The van der Waals surface area contributed by atoms with Crippen molar-refractivity contribution in [3.63, 3.8) is 0 Å². The Morgan fingerprint density at radius 1 is 0.787 bits per heavy atom. The van der Waals surface area contributed by atoms with E-state index in [9.17, 15) is 5.26 Å². The van der Waals surface area contributed by atoms with Gasteiger partial charge in [0.15, 0.2) is 0 Å². The molecule has 0 atom stereocenters. The van der Waals surface area contributed by atoms with Crippen LogP contribution in [0.15, 0.2) is 152 Å². The van der Waals surface area contributed by atoms with Crippen LogP contribution in [0.1, 0.15) is 52.8 Å². The summed E-state index contributed by atoms with van der Waals surface area (Å²) in [5.41, 5.74) is 19.3. The SMILES string of the molecule is C=C1/C=C\C=C/N(c2cccc(/C(=C\Cc3cccc(C#N)c3)c3ccccc3)c2)c2ccc3c(c21)-c1ccccc1C3(C)C.CN. The Hall–Kier alpha value is -5.69. The van der Waals surface area contributed by atoms with Crippen LogP contribution in [-0.2, 0) is 11.8 Å². The highest BCUT2D eigenvalue weighted by atomic mass is 15.1. The Bertz CT molecular complexity index is 2090. The van der Waals surface area contributed by atoms with E-state index in [0.717, 1.165) is 45.6 Å². The van der Waals surface area contributed by atoms with Gasteiger partial charge in [0.25, 0.3) is 0 Å². The predicted octanol–water partition coefficient (Wildman–Crippen LogP) is 10.3. The molecule has 1 heterocycles. The largest absolute Gasteiger partial charge is 0.333 e. The minimum absolute atomic E-state index is 0.0873. The van der Waals surface area contributed by atoms with Crippen LogP contribution >= 0.6 is 0 Å². The molecule has 47 heavy (non-hydrogen) atoms. The quantitative estimate of drug-likeness (QED) is 0.216. The predicted molar refractivity (Wildman–Crippen MR) is 198 cm³/mol. The third-order valence-electron chi connectivity index (χ3n) is 9.07. The zero-order valence-corrected chi connectivity index (χ0v) is 27.2. The Labute approximate surface area is 278 Å². The van der Waals surface area contributed by atoms with E-state index in [-0.39, 0.29) is 5.41 Å². The summed E-state index contributed by atoms with van der Waals surface area (Å²) in [6, 6.07) is 42.8. The first-order valence-corrected chi connectivity index (χ1v) is 16.0. The first kappa shape index (κ1) is 31.3. The van der Waals surface area contributed by atoms with Gasteiger partial charge in [0.05, 0.1) is 17.3 Å². The molecule has 3 nitrogen and oxygen atoms in total. The first-order valence-electron chi connectivity index (χ1n) is 16.0. The molecule has 1 aliphatic carbocycles. The van der Waals surface area contributed by atoms with Gasteiger partial charge in [0.2, 0.25) is 0 Å². The maximum Gasteiger partial charge on any atom is 0.0991 e. The summed E-state index contributed by atoms with van der Waals surface area (Å²) in [6.45, 7) is 9.20. The highest BCUT2D eigenvalue weighted by Gasteiger charge is 2.38. The lowest BCUT2D eigenvalue weighted by Crippen LogP contribution is -2.16. The molecular formula is C44H39N3. The van der Waals surface area contributed by atoms with E-state index in [1.54, 1.807) is 0 Å². The molecule has 2 N–H and O–H groups in total. The molecule has 0 saturated carbocycles. The smallest absolute Gasteiger partial charge is 0.0991 e. The molecule has 3 heteroatoms. The molecule has 0 unspecified atom stereocenters. The zero-order chi connectivity index (χ0) is 33.0. The minimum Gasteiger partial charge on any atom is -0.333 e. The Balaban J connectivity index is 0.00000190. The van der Waals surface area contributed by atoms with Gasteiger partial charge >= 0.3 is 0 Å². The van der Waals surface area contributed by atoms with Crippen LogP contribution in [0.25, 0.3) is 22.3 Å². The molecule has 230 valence electrons. The summed E-state index contributed by atoms with van der Waals surface area (Å²) >= 11 is 0. The molecule has 2 aliphatic rings. The number of hydrogen-bond acceptors (Lipinski definition) is 3. The standard InChI is InChI=1S/C43H34N2.CH5N/c1-30-13-9-10-26-45(40-25-24-39-42(41(30)40)37-20-7-8-21-38(37)43(39,2)3)35-19-12-18-34(28-35)36(33-16-5-4-6-17-33)23-22-31-14-11-15-32(27-31)29-44;1-2/h4-21,23-28H,1,22H2,2-3H3;2H2,1H3/b13-9-,26-10-,36-23-;. The van der Waals surface area contributed by atoms with Gasteiger partial charge in [-0.1, -0.05) is 124 Å². The summed E-state index contributed by atoms with van der Waals surface area (Å²) in [5, 5.41) is 9.41. The van der Waals surface area contributed by atoms with Crippen LogP contribution in [-0.4, -0.2) is 7.05 Å². The minimum atomic E-state index is -0.0873. The van der Waals surface area contributed by atoms with Crippen LogP contribution in [0.5, 0.6) is 0 Å². The van der Waals surface area contributed by atoms with E-state index >= 15 is 0 Å². The summed E-state index contributed by atoms with van der Waals surface area (Å²) in [6.07, 6.45) is 11.4. The third kappa shape index (κ3) is 5.88. The molecule has 1 aliphatic heterocycles. The molecule has 5 aromatic carbocycles. The third-order valence-corrected chi connectivity index (χ3v) is 9.07. The highest BCUT2D eigenvalue weighted by Crippen LogP contribution is 2.54. The van der Waals surface area contributed by atoms with E-state index in [1.807, 2.05) is 24.3 Å². The van der Waals surface area contributed by atoms with Crippen LogP contribution in [0.3, 0.4) is 0 Å². The van der Waals surface area contributed by atoms with E-state index in [2.05, 4.69) is 159 Å². The van der Waals surface area contributed by atoms with E-state index in [0.29, 0.717) is 5.56 Å². The van der Waals surface area contributed by atoms with Gasteiger partial charge in [0.1, 0.15) is 0 Å². The van der Waals surface area contributed by atoms with Crippen molar-refractivity contribution in [1.82, 2.24) is 0 Å². The number of anilines is 2. The number of allylic oxidation sites excluding steroid dienone is 5. The molecule has 0 saturated heterocycles. The van der Waals surface area contributed by atoms with E-state index < -0.39 is 0 Å². The lowest BCUT2D eigenvalue weighted by Gasteiger charge is -2.29. The van der Waals surface area contributed by atoms with Gasteiger partial charge in [0, 0.05) is 22.9 Å². The monoisotopic (exact) mass is 609 g/mol. The Morgan fingerprint density at radius 2 is 1.53 bits per heavy atom. The van der Waals surface area contributed by atoms with Gasteiger partial charge in [-0.05, 0) is 100.0 Å². The number of hydrogen-bond donors (Lipinski definition) is 1. The van der Waals surface area contributed by atoms with Gasteiger partial charge in [-0.15, -0.1) is 0 Å². The fraction of sp³-hybridized carbons (Fsp3) is 0.114. The van der Waals surface area contributed by atoms with Crippen molar-refractivity contribution >= 4 is 22.5 Å². The molecule has 0 radical (unpaired) electrons. The summed E-state index contributed by atoms with van der Waals surface area (Å²) < 4.78 is 0. The van der Waals surface area contributed by atoms with Crippen LogP contribution in [0, 0.1) is 11.3 Å². The second kappa shape index (κ2) is 13.3. The maximum atomic E-state index is 9.41. The van der Waals surface area contributed by atoms with Crippen molar-refractivity contribution in [2.24, 2.45) is 5.73 Å². The van der Waals surface area contributed by atoms with Crippen LogP contribution in [0.2, 0.25) is 0 Å². The maximum absolute atomic E-state index is 9.41. The van der Waals surface area contributed by atoms with Gasteiger partial charge in [-0.25, -0.2) is 0 Å². The number of nitrogens with zero attached hydrogens (tertiary/aromatic N) is 2. The molecular weight excluding hydrogens is 571 g/mol. The first-order chi connectivity index (χ1) is 23.0. The second-order valence-corrected chi connectivity index (χ2v) is 12.2. The topological polar surface area (TPSA) is 53.0 Å². The van der Waals surface area contributed by atoms with Crippen molar-refractivity contribution in [3.05, 3.63) is 191 Å². The average Bonchev–Trinajstić information content (AvgIpc) is 3.34. The van der Waals surface area contributed by atoms with E-state index in [4.69, 9.17) is 0 Å². The summed E-state index contributed by atoms with van der Waals surface area (Å²) in [4.78, 5) is 2.29. The number of fused-ring (bicyclic) bond motifs is 5. The lowest BCUT2D eigenvalue weighted by molar-refractivity contribution is 0.660.